The molecular weight excluding hydrogens is 206 g/mol. The van der Waals surface area contributed by atoms with E-state index in [1.54, 1.807) is 0 Å². The maximum atomic E-state index is 11.6. The van der Waals surface area contributed by atoms with Gasteiger partial charge in [0.05, 0.1) is 5.56 Å². The molecule has 0 radical (unpaired) electrons. The van der Waals surface area contributed by atoms with Gasteiger partial charge < -0.3 is 10.7 Å². The molecule has 0 spiro atoms. The van der Waals surface area contributed by atoms with Crippen LogP contribution in [0.25, 0.3) is 0 Å². The number of aromatic amines is 1. The Hall–Kier alpha value is -2.09. The van der Waals surface area contributed by atoms with E-state index in [1.807, 2.05) is 6.07 Å². The summed E-state index contributed by atoms with van der Waals surface area (Å²) in [6, 6.07) is 1.93. The smallest absolute Gasteiger partial charge is 0.262 e. The van der Waals surface area contributed by atoms with Crippen molar-refractivity contribution in [2.24, 2.45) is 5.73 Å². The van der Waals surface area contributed by atoms with Crippen molar-refractivity contribution < 1.29 is 4.79 Å². The molecule has 82 valence electrons. The van der Waals surface area contributed by atoms with Crippen molar-refractivity contribution in [3.05, 3.63) is 32.7 Å². The lowest BCUT2D eigenvalue weighted by Gasteiger charge is -2.17. The minimum Gasteiger partial charge on any atom is -0.365 e. The second kappa shape index (κ2) is 3.81. The zero-order chi connectivity index (χ0) is 11.7. The van der Waals surface area contributed by atoms with E-state index < -0.39 is 11.5 Å². The summed E-state index contributed by atoms with van der Waals surface area (Å²) in [6.45, 7) is 0. The van der Waals surface area contributed by atoms with E-state index in [2.05, 4.69) is 4.98 Å². The summed E-state index contributed by atoms with van der Waals surface area (Å²) in [4.78, 5) is 25.4. The monoisotopic (exact) mass is 217 g/mol. The van der Waals surface area contributed by atoms with Crippen LogP contribution < -0.4 is 11.3 Å². The molecule has 0 aromatic carbocycles. The number of primary amides is 1. The largest absolute Gasteiger partial charge is 0.365 e. The first-order valence-corrected chi connectivity index (χ1v) is 5.13. The van der Waals surface area contributed by atoms with Crippen LogP contribution in [-0.2, 0) is 12.8 Å². The molecule has 0 saturated heterocycles. The molecule has 1 heterocycles. The molecule has 1 aromatic rings. The van der Waals surface area contributed by atoms with Gasteiger partial charge in [-0.15, -0.1) is 0 Å². The van der Waals surface area contributed by atoms with Gasteiger partial charge in [0.25, 0.3) is 11.5 Å². The number of carbonyl (C=O) groups excluding carboxylic acids is 1. The number of nitrogens with two attached hydrogens (primary N) is 1. The standard InChI is InChI=1S/C11H11N3O2/c12-5-7-6-3-1-2-4-8(6)14-11(16)9(7)10(13)15/h1-4H2,(H2,13,15)(H,14,16). The molecular formula is C11H11N3O2. The van der Waals surface area contributed by atoms with E-state index in [4.69, 9.17) is 11.0 Å². The number of nitrogens with zero attached hydrogens (tertiary/aromatic N) is 1. The zero-order valence-corrected chi connectivity index (χ0v) is 8.67. The number of amides is 1. The molecule has 2 rings (SSSR count). The normalized spacial score (nSPS) is 13.9. The van der Waals surface area contributed by atoms with Crippen LogP contribution in [0.3, 0.4) is 0 Å². The molecule has 0 bridgehead atoms. The Morgan fingerprint density at radius 2 is 2.06 bits per heavy atom. The third kappa shape index (κ3) is 1.48. The van der Waals surface area contributed by atoms with E-state index in [-0.39, 0.29) is 11.1 Å². The third-order valence-corrected chi connectivity index (χ3v) is 2.87. The number of nitriles is 1. The van der Waals surface area contributed by atoms with Crippen molar-refractivity contribution in [2.45, 2.75) is 25.7 Å². The molecule has 3 N–H and O–H groups in total. The van der Waals surface area contributed by atoms with Crippen LogP contribution >= 0.6 is 0 Å². The maximum Gasteiger partial charge on any atom is 0.262 e. The summed E-state index contributed by atoms with van der Waals surface area (Å²) in [7, 11) is 0. The second-order valence-corrected chi connectivity index (χ2v) is 3.84. The zero-order valence-electron chi connectivity index (χ0n) is 8.67. The van der Waals surface area contributed by atoms with Gasteiger partial charge >= 0.3 is 0 Å². The van der Waals surface area contributed by atoms with Crippen LogP contribution in [-0.4, -0.2) is 10.9 Å². The van der Waals surface area contributed by atoms with Gasteiger partial charge in [0.15, 0.2) is 0 Å². The lowest BCUT2D eigenvalue weighted by Crippen LogP contribution is -2.29. The molecule has 0 fully saturated rings. The van der Waals surface area contributed by atoms with Gasteiger partial charge in [-0.05, 0) is 31.2 Å². The first-order chi connectivity index (χ1) is 7.65. The fourth-order valence-corrected chi connectivity index (χ4v) is 2.14. The van der Waals surface area contributed by atoms with Crippen LogP contribution in [0.15, 0.2) is 4.79 Å². The highest BCUT2D eigenvalue weighted by molar-refractivity contribution is 5.95. The number of hydrogen-bond donors (Lipinski definition) is 2. The number of H-pyrrole nitrogens is 1. The SMILES string of the molecule is N#Cc1c2c([nH]c(=O)c1C(N)=O)CCCC2. The summed E-state index contributed by atoms with van der Waals surface area (Å²) in [5.74, 6) is -0.842. The van der Waals surface area contributed by atoms with E-state index >= 15 is 0 Å². The van der Waals surface area contributed by atoms with Crippen molar-refractivity contribution in [3.63, 3.8) is 0 Å². The van der Waals surface area contributed by atoms with Crippen LogP contribution in [0.5, 0.6) is 0 Å². The molecule has 5 heteroatoms. The summed E-state index contributed by atoms with van der Waals surface area (Å²) in [6.07, 6.45) is 3.42. The van der Waals surface area contributed by atoms with E-state index in [0.717, 1.165) is 36.9 Å². The van der Waals surface area contributed by atoms with Gasteiger partial charge in [0.2, 0.25) is 0 Å². The van der Waals surface area contributed by atoms with Crippen molar-refractivity contribution in [1.82, 2.24) is 4.98 Å². The number of carbonyl (C=O) groups is 1. The molecule has 1 aliphatic carbocycles. The Labute approximate surface area is 91.9 Å². The topological polar surface area (TPSA) is 99.7 Å². The highest BCUT2D eigenvalue weighted by atomic mass is 16.2. The fourth-order valence-electron chi connectivity index (χ4n) is 2.14. The molecule has 0 atom stereocenters. The Morgan fingerprint density at radius 3 is 2.69 bits per heavy atom. The number of fused-ring (bicyclic) bond motifs is 1. The minimum absolute atomic E-state index is 0.158. The molecule has 1 amide bonds. The average Bonchev–Trinajstić information content (AvgIpc) is 2.26. The molecule has 0 unspecified atom stereocenters. The Kier molecular flexibility index (Phi) is 2.49. The lowest BCUT2D eigenvalue weighted by atomic mass is 9.90. The molecule has 0 saturated carbocycles. The van der Waals surface area contributed by atoms with Gasteiger partial charge in [-0.1, -0.05) is 0 Å². The summed E-state index contributed by atoms with van der Waals surface area (Å²) < 4.78 is 0. The molecule has 0 aliphatic heterocycles. The third-order valence-electron chi connectivity index (χ3n) is 2.87. The van der Waals surface area contributed by atoms with Gasteiger partial charge in [-0.2, -0.15) is 5.26 Å². The molecule has 1 aliphatic rings. The van der Waals surface area contributed by atoms with Crippen molar-refractivity contribution in [1.29, 1.82) is 5.26 Å². The van der Waals surface area contributed by atoms with Gasteiger partial charge in [-0.25, -0.2) is 0 Å². The number of hydrogen-bond acceptors (Lipinski definition) is 3. The first kappa shape index (κ1) is 10.4. The average molecular weight is 217 g/mol. The highest BCUT2D eigenvalue weighted by Crippen LogP contribution is 2.22. The summed E-state index contributed by atoms with van der Waals surface area (Å²) in [5, 5.41) is 9.04. The number of aryl methyl sites for hydroxylation is 1. The maximum absolute atomic E-state index is 11.6. The van der Waals surface area contributed by atoms with E-state index in [9.17, 15) is 9.59 Å². The Balaban J connectivity index is 2.78. The van der Waals surface area contributed by atoms with Gasteiger partial charge in [0.1, 0.15) is 11.6 Å². The van der Waals surface area contributed by atoms with Gasteiger partial charge in [-0.3, -0.25) is 9.59 Å². The predicted molar refractivity (Wildman–Crippen MR) is 56.9 cm³/mol. The summed E-state index contributed by atoms with van der Waals surface area (Å²) >= 11 is 0. The minimum atomic E-state index is -0.842. The number of nitrogens with one attached hydrogen (secondary N) is 1. The molecule has 1 aromatic heterocycles. The number of pyridine rings is 1. The molecule has 16 heavy (non-hydrogen) atoms. The van der Waals surface area contributed by atoms with E-state index in [1.165, 1.54) is 0 Å². The fraction of sp³-hybridized carbons (Fsp3) is 0.364. The molecule has 5 nitrogen and oxygen atoms in total. The van der Waals surface area contributed by atoms with Crippen molar-refractivity contribution >= 4 is 5.91 Å². The predicted octanol–water partition coefficient (Wildman–Crippen LogP) is 0.224. The quantitative estimate of drug-likeness (QED) is 0.703. The lowest BCUT2D eigenvalue weighted by molar-refractivity contribution is 0.0998. The number of rotatable bonds is 1. The Bertz CT molecular complexity index is 552. The Morgan fingerprint density at radius 1 is 1.38 bits per heavy atom. The van der Waals surface area contributed by atoms with Crippen LogP contribution in [0.2, 0.25) is 0 Å². The van der Waals surface area contributed by atoms with E-state index in [0.29, 0.717) is 0 Å². The van der Waals surface area contributed by atoms with Crippen LogP contribution in [0.1, 0.15) is 40.0 Å². The summed E-state index contributed by atoms with van der Waals surface area (Å²) in [5.41, 5.74) is 6.07. The van der Waals surface area contributed by atoms with Gasteiger partial charge in [0, 0.05) is 5.69 Å². The van der Waals surface area contributed by atoms with Crippen molar-refractivity contribution in [3.8, 4) is 6.07 Å². The van der Waals surface area contributed by atoms with Crippen molar-refractivity contribution in [2.75, 3.05) is 0 Å². The number of aromatic nitrogens is 1. The first-order valence-electron chi connectivity index (χ1n) is 5.13. The van der Waals surface area contributed by atoms with Crippen LogP contribution in [0.4, 0.5) is 0 Å². The second-order valence-electron chi connectivity index (χ2n) is 3.84. The van der Waals surface area contributed by atoms with Crippen LogP contribution in [0, 0.1) is 11.3 Å². The highest BCUT2D eigenvalue weighted by Gasteiger charge is 2.22.